The van der Waals surface area contributed by atoms with E-state index >= 15 is 0 Å². The van der Waals surface area contributed by atoms with Crippen LogP contribution in [-0.2, 0) is 0 Å². The van der Waals surface area contributed by atoms with E-state index in [2.05, 4.69) is 19.2 Å². The van der Waals surface area contributed by atoms with Crippen molar-refractivity contribution in [2.24, 2.45) is 5.73 Å². The van der Waals surface area contributed by atoms with E-state index in [0.717, 1.165) is 18.5 Å². The molecule has 1 aromatic rings. The predicted octanol–water partition coefficient (Wildman–Crippen LogP) is 4.32. The average molecular weight is 296 g/mol. The van der Waals surface area contributed by atoms with E-state index in [1.54, 1.807) is 12.1 Å². The summed E-state index contributed by atoms with van der Waals surface area (Å²) < 4.78 is 18.4. The fourth-order valence-corrected chi connectivity index (χ4v) is 2.42. The molecule has 0 aliphatic rings. The van der Waals surface area contributed by atoms with Gasteiger partial charge in [-0.15, -0.1) is 0 Å². The van der Waals surface area contributed by atoms with Gasteiger partial charge in [0.1, 0.15) is 0 Å². The van der Waals surface area contributed by atoms with Crippen molar-refractivity contribution in [3.8, 4) is 5.75 Å². The molecule has 4 heteroatoms. The Bertz CT molecular complexity index is 425. The molecular formula is C17H29FN2O. The highest BCUT2D eigenvalue weighted by Crippen LogP contribution is 2.26. The second kappa shape index (κ2) is 8.88. The zero-order valence-corrected chi connectivity index (χ0v) is 13.5. The summed E-state index contributed by atoms with van der Waals surface area (Å²) in [5.41, 5.74) is 6.60. The first-order chi connectivity index (χ1) is 10.0. The van der Waals surface area contributed by atoms with Gasteiger partial charge in [-0.05, 0) is 25.5 Å². The van der Waals surface area contributed by atoms with Gasteiger partial charge in [-0.25, -0.2) is 4.39 Å². The molecule has 1 unspecified atom stereocenters. The van der Waals surface area contributed by atoms with Gasteiger partial charge in [0.2, 0.25) is 0 Å². The molecule has 120 valence electrons. The van der Waals surface area contributed by atoms with Crippen molar-refractivity contribution in [2.75, 3.05) is 19.0 Å². The number of anilines is 1. The lowest BCUT2D eigenvalue weighted by molar-refractivity contribution is 0.386. The van der Waals surface area contributed by atoms with Crippen LogP contribution in [-0.4, -0.2) is 19.2 Å². The van der Waals surface area contributed by atoms with Gasteiger partial charge >= 0.3 is 0 Å². The molecule has 0 aliphatic heterocycles. The largest absolute Gasteiger partial charge is 0.494 e. The Hall–Kier alpha value is -1.29. The molecule has 0 fully saturated rings. The summed E-state index contributed by atoms with van der Waals surface area (Å²) in [6, 6.07) is 4.82. The minimum absolute atomic E-state index is 0.172. The molecule has 0 amide bonds. The minimum Gasteiger partial charge on any atom is -0.494 e. The van der Waals surface area contributed by atoms with Crippen molar-refractivity contribution in [3.05, 3.63) is 24.0 Å². The van der Waals surface area contributed by atoms with E-state index in [9.17, 15) is 4.39 Å². The van der Waals surface area contributed by atoms with Crippen LogP contribution in [0.5, 0.6) is 5.75 Å². The number of nitrogens with two attached hydrogens (primary N) is 1. The quantitative estimate of drug-likeness (QED) is 0.632. The number of ether oxygens (including phenoxy) is 1. The molecule has 0 spiro atoms. The predicted molar refractivity (Wildman–Crippen MR) is 87.4 cm³/mol. The Morgan fingerprint density at radius 1 is 1.24 bits per heavy atom. The van der Waals surface area contributed by atoms with Crippen LogP contribution >= 0.6 is 0 Å². The Morgan fingerprint density at radius 3 is 2.57 bits per heavy atom. The van der Waals surface area contributed by atoms with Crippen molar-refractivity contribution >= 4 is 5.69 Å². The van der Waals surface area contributed by atoms with Gasteiger partial charge in [-0.1, -0.05) is 39.0 Å². The normalized spacial score (nSPS) is 13.8. The van der Waals surface area contributed by atoms with E-state index in [-0.39, 0.29) is 17.1 Å². The molecule has 0 saturated carbocycles. The topological polar surface area (TPSA) is 47.3 Å². The first-order valence-electron chi connectivity index (χ1n) is 7.86. The number of benzene rings is 1. The van der Waals surface area contributed by atoms with Crippen molar-refractivity contribution in [1.82, 2.24) is 0 Å². The molecular weight excluding hydrogens is 267 g/mol. The van der Waals surface area contributed by atoms with Gasteiger partial charge in [0.25, 0.3) is 0 Å². The summed E-state index contributed by atoms with van der Waals surface area (Å²) in [5.74, 6) is -0.0978. The molecule has 0 saturated heterocycles. The smallest absolute Gasteiger partial charge is 0.165 e. The van der Waals surface area contributed by atoms with E-state index in [0.29, 0.717) is 6.54 Å². The third-order valence-electron chi connectivity index (χ3n) is 3.88. The van der Waals surface area contributed by atoms with Crippen LogP contribution in [0.15, 0.2) is 18.2 Å². The van der Waals surface area contributed by atoms with Gasteiger partial charge in [-0.2, -0.15) is 0 Å². The number of rotatable bonds is 10. The number of hydrogen-bond donors (Lipinski definition) is 2. The zero-order chi connectivity index (χ0) is 15.7. The third-order valence-corrected chi connectivity index (χ3v) is 3.88. The van der Waals surface area contributed by atoms with Gasteiger partial charge in [0, 0.05) is 23.8 Å². The SMILES string of the molecule is CCCCCCCC(C)(CN)Nc1ccc(F)c(OC)c1. The molecule has 0 bridgehead atoms. The zero-order valence-electron chi connectivity index (χ0n) is 13.5. The van der Waals surface area contributed by atoms with Crippen molar-refractivity contribution in [1.29, 1.82) is 0 Å². The number of nitrogens with one attached hydrogen (secondary N) is 1. The maximum Gasteiger partial charge on any atom is 0.165 e. The molecule has 0 radical (unpaired) electrons. The molecule has 1 aromatic carbocycles. The Labute approximate surface area is 128 Å². The molecule has 0 aromatic heterocycles. The highest BCUT2D eigenvalue weighted by molar-refractivity contribution is 5.50. The fraction of sp³-hybridized carbons (Fsp3) is 0.647. The number of unbranched alkanes of at least 4 members (excludes halogenated alkanes) is 4. The van der Waals surface area contributed by atoms with E-state index in [1.165, 1.54) is 38.9 Å². The van der Waals surface area contributed by atoms with Crippen LogP contribution < -0.4 is 15.8 Å². The lowest BCUT2D eigenvalue weighted by Crippen LogP contribution is -2.42. The molecule has 3 N–H and O–H groups in total. The molecule has 21 heavy (non-hydrogen) atoms. The Morgan fingerprint density at radius 2 is 1.95 bits per heavy atom. The average Bonchev–Trinajstić information content (AvgIpc) is 2.49. The number of hydrogen-bond acceptors (Lipinski definition) is 3. The molecule has 0 heterocycles. The first kappa shape index (κ1) is 17.8. The second-order valence-electron chi connectivity index (χ2n) is 5.90. The van der Waals surface area contributed by atoms with Gasteiger partial charge < -0.3 is 15.8 Å². The van der Waals surface area contributed by atoms with Crippen molar-refractivity contribution in [2.45, 2.75) is 57.9 Å². The number of methoxy groups -OCH3 is 1. The van der Waals surface area contributed by atoms with E-state index < -0.39 is 0 Å². The summed E-state index contributed by atoms with van der Waals surface area (Å²) >= 11 is 0. The standard InChI is InChI=1S/C17H29FN2O/c1-4-5-6-7-8-11-17(2,13-19)20-14-9-10-15(18)16(12-14)21-3/h9-10,12,20H,4-8,11,13,19H2,1-3H3. The van der Waals surface area contributed by atoms with Gasteiger partial charge in [0.15, 0.2) is 11.6 Å². The summed E-state index contributed by atoms with van der Waals surface area (Å²) in [4.78, 5) is 0. The van der Waals surface area contributed by atoms with E-state index in [1.807, 2.05) is 0 Å². The van der Waals surface area contributed by atoms with Crippen LogP contribution in [0.3, 0.4) is 0 Å². The van der Waals surface area contributed by atoms with Crippen LogP contribution in [0, 0.1) is 5.82 Å². The fourth-order valence-electron chi connectivity index (χ4n) is 2.42. The molecule has 1 atom stereocenters. The maximum absolute atomic E-state index is 13.4. The maximum atomic E-state index is 13.4. The minimum atomic E-state index is -0.350. The summed E-state index contributed by atoms with van der Waals surface area (Å²) in [7, 11) is 1.47. The lowest BCUT2D eigenvalue weighted by Gasteiger charge is -2.31. The highest BCUT2D eigenvalue weighted by Gasteiger charge is 2.22. The van der Waals surface area contributed by atoms with Crippen LogP contribution in [0.4, 0.5) is 10.1 Å². The molecule has 3 nitrogen and oxygen atoms in total. The molecule has 0 aliphatic carbocycles. The Balaban J connectivity index is 2.58. The van der Waals surface area contributed by atoms with Crippen LogP contribution in [0.1, 0.15) is 52.4 Å². The van der Waals surface area contributed by atoms with Crippen LogP contribution in [0.25, 0.3) is 0 Å². The third kappa shape index (κ3) is 5.92. The highest BCUT2D eigenvalue weighted by atomic mass is 19.1. The van der Waals surface area contributed by atoms with Crippen molar-refractivity contribution < 1.29 is 9.13 Å². The summed E-state index contributed by atoms with van der Waals surface area (Å²) in [5, 5.41) is 3.43. The number of halogens is 1. The van der Waals surface area contributed by atoms with Gasteiger partial charge in [-0.3, -0.25) is 0 Å². The first-order valence-corrected chi connectivity index (χ1v) is 7.86. The van der Waals surface area contributed by atoms with E-state index in [4.69, 9.17) is 10.5 Å². The second-order valence-corrected chi connectivity index (χ2v) is 5.90. The monoisotopic (exact) mass is 296 g/mol. The summed E-state index contributed by atoms with van der Waals surface area (Å²) in [6.45, 7) is 4.87. The van der Waals surface area contributed by atoms with Gasteiger partial charge in [0.05, 0.1) is 7.11 Å². The summed E-state index contributed by atoms with van der Waals surface area (Å²) in [6.07, 6.45) is 7.22. The lowest BCUT2D eigenvalue weighted by atomic mass is 9.93. The van der Waals surface area contributed by atoms with Crippen molar-refractivity contribution in [3.63, 3.8) is 0 Å². The van der Waals surface area contributed by atoms with Crippen LogP contribution in [0.2, 0.25) is 0 Å². The molecule has 1 rings (SSSR count). The Kier molecular flexibility index (Phi) is 7.51.